The van der Waals surface area contributed by atoms with Crippen LogP contribution in [0.2, 0.25) is 0 Å². The van der Waals surface area contributed by atoms with Crippen molar-refractivity contribution in [1.82, 2.24) is 14.9 Å². The summed E-state index contributed by atoms with van der Waals surface area (Å²) in [5, 5.41) is 10.7. The number of aromatic nitrogens is 2. The number of aliphatic hydroxyl groups is 1. The molecule has 1 heterocycles. The second kappa shape index (κ2) is 11.7. The highest BCUT2D eigenvalue weighted by molar-refractivity contribution is 8.00. The molecule has 1 rings (SSSR count). The van der Waals surface area contributed by atoms with Crippen molar-refractivity contribution in [3.05, 3.63) is 28.4 Å². The maximum Gasteiger partial charge on any atom is 0.348 e. The summed E-state index contributed by atoms with van der Waals surface area (Å²) in [6.07, 6.45) is 1.39. The smallest absolute Gasteiger partial charge is 0.348 e. The fourth-order valence-corrected chi connectivity index (χ4v) is 3.07. The molecule has 0 spiro atoms. The Morgan fingerprint density at radius 1 is 1.54 bits per heavy atom. The van der Waals surface area contributed by atoms with Gasteiger partial charge in [-0.3, -0.25) is 14.2 Å². The second-order valence-electron chi connectivity index (χ2n) is 5.34. The number of nitrogens with one attached hydrogen (secondary N) is 1. The zero-order valence-corrected chi connectivity index (χ0v) is 15.5. The number of rotatable bonds is 11. The summed E-state index contributed by atoms with van der Waals surface area (Å²) in [5.41, 5.74) is -0.0174. The number of carbonyl (C=O) groups is 2. The number of amides is 1. The normalized spacial score (nSPS) is 15.3. The monoisotopic (exact) mass is 390 g/mol. The number of aliphatic hydroxyl groups excluding tert-OH is 1. The van der Waals surface area contributed by atoms with Crippen LogP contribution in [0.5, 0.6) is 0 Å². The van der Waals surface area contributed by atoms with Crippen molar-refractivity contribution < 1.29 is 26.9 Å². The van der Waals surface area contributed by atoms with Crippen LogP contribution in [0.3, 0.4) is 0 Å². The molecule has 2 N–H and O–H groups in total. The number of aryl methyl sites for hydroxylation is 1. The predicted molar refractivity (Wildman–Crippen MR) is 96.9 cm³/mol. The zero-order valence-electron chi connectivity index (χ0n) is 16.7. The van der Waals surface area contributed by atoms with Crippen molar-refractivity contribution in [2.24, 2.45) is 0 Å². The summed E-state index contributed by atoms with van der Waals surface area (Å²) in [7, 11) is -0.0357. The van der Waals surface area contributed by atoms with Crippen molar-refractivity contribution >= 4 is 23.6 Å². The summed E-state index contributed by atoms with van der Waals surface area (Å²) in [6, 6.07) is 1.62. The van der Waals surface area contributed by atoms with E-state index in [0.717, 1.165) is 11.8 Å². The fraction of sp³-hybridized carbons (Fsp3) is 0.625. The molecule has 0 aliphatic carbocycles. The highest BCUT2D eigenvalue weighted by Crippen LogP contribution is 2.27. The van der Waals surface area contributed by atoms with Crippen LogP contribution in [0, 0.1) is 6.92 Å². The minimum atomic E-state index is -1.50. The number of hydrogen-bond donors (Lipinski definition) is 2. The van der Waals surface area contributed by atoms with Gasteiger partial charge in [-0.05, 0) is 13.0 Å². The summed E-state index contributed by atoms with van der Waals surface area (Å²) < 4.78 is 25.5. The van der Waals surface area contributed by atoms with E-state index >= 15 is 0 Å². The third-order valence-corrected chi connectivity index (χ3v) is 4.68. The first kappa shape index (κ1) is 18.9. The van der Waals surface area contributed by atoms with Gasteiger partial charge in [-0.25, -0.2) is 4.79 Å². The van der Waals surface area contributed by atoms with Crippen molar-refractivity contribution in [1.29, 1.82) is 0 Å². The van der Waals surface area contributed by atoms with E-state index in [1.54, 1.807) is 13.0 Å². The van der Waals surface area contributed by atoms with Gasteiger partial charge in [0, 0.05) is 32.4 Å². The molecule has 9 nitrogen and oxygen atoms in total. The quantitative estimate of drug-likeness (QED) is 0.501. The molecule has 0 fully saturated rings. The zero-order chi connectivity index (χ0) is 21.1. The van der Waals surface area contributed by atoms with Crippen LogP contribution in [0.15, 0.2) is 17.1 Å². The van der Waals surface area contributed by atoms with Crippen LogP contribution < -0.4 is 11.0 Å². The minimum Gasteiger partial charge on any atom is -0.463 e. The van der Waals surface area contributed by atoms with Crippen LogP contribution >= 0.6 is 11.8 Å². The molecule has 3 unspecified atom stereocenters. The molecule has 0 bridgehead atoms. The Hall–Kier alpha value is -1.91. The van der Waals surface area contributed by atoms with Crippen LogP contribution in [0.4, 0.5) is 0 Å². The number of nitrogens with zero attached hydrogens (tertiary/aromatic N) is 2. The third kappa shape index (κ3) is 7.54. The molecule has 0 aliphatic heterocycles. The lowest BCUT2D eigenvalue weighted by molar-refractivity contribution is -0.145. The van der Waals surface area contributed by atoms with Gasteiger partial charge in [0.2, 0.25) is 5.91 Å². The highest BCUT2D eigenvalue weighted by atomic mass is 32.2. The molecule has 26 heavy (non-hydrogen) atoms. The Balaban J connectivity index is 2.84. The van der Waals surface area contributed by atoms with Gasteiger partial charge in [0.15, 0.2) is 0 Å². The van der Waals surface area contributed by atoms with Gasteiger partial charge >= 0.3 is 11.7 Å². The fourth-order valence-electron chi connectivity index (χ4n) is 1.94. The molecule has 0 saturated heterocycles. The highest BCUT2D eigenvalue weighted by Gasteiger charge is 2.21. The van der Waals surface area contributed by atoms with Gasteiger partial charge in [0.1, 0.15) is 12.0 Å². The molecule has 0 aromatic carbocycles. The van der Waals surface area contributed by atoms with Crippen LogP contribution in [-0.2, 0) is 19.1 Å². The van der Waals surface area contributed by atoms with E-state index in [1.165, 1.54) is 17.8 Å². The largest absolute Gasteiger partial charge is 0.463 e. The summed E-state index contributed by atoms with van der Waals surface area (Å²) >= 11 is 1.10. The Labute approximate surface area is 158 Å². The van der Waals surface area contributed by atoms with Gasteiger partial charge in [-0.1, -0.05) is 0 Å². The lowest BCUT2D eigenvalue weighted by atomic mass is 10.3. The van der Waals surface area contributed by atoms with Gasteiger partial charge < -0.3 is 19.9 Å². The molecule has 3 atom stereocenters. The second-order valence-corrected chi connectivity index (χ2v) is 6.83. The van der Waals surface area contributed by atoms with Crippen molar-refractivity contribution in [2.75, 3.05) is 33.9 Å². The topological polar surface area (TPSA) is 120 Å². The summed E-state index contributed by atoms with van der Waals surface area (Å²) in [5.74, 6) is -0.892. The lowest BCUT2D eigenvalue weighted by Crippen LogP contribution is -2.31. The van der Waals surface area contributed by atoms with E-state index in [0.29, 0.717) is 5.69 Å². The van der Waals surface area contributed by atoms with Gasteiger partial charge in [0.05, 0.1) is 27.6 Å². The number of thioether (sulfide) groups is 1. The molecular weight excluding hydrogens is 362 g/mol. The van der Waals surface area contributed by atoms with E-state index in [9.17, 15) is 19.5 Å². The molecule has 0 radical (unpaired) electrons. The third-order valence-electron chi connectivity index (χ3n) is 3.34. The van der Waals surface area contributed by atoms with E-state index in [4.69, 9.17) is 12.2 Å². The van der Waals surface area contributed by atoms with Crippen molar-refractivity contribution in [2.45, 2.75) is 30.4 Å². The molecule has 1 aromatic rings. The first-order valence-electron chi connectivity index (χ1n) is 9.06. The Kier molecular flexibility index (Phi) is 8.46. The molecule has 0 aliphatic rings. The van der Waals surface area contributed by atoms with Crippen LogP contribution in [0.25, 0.3) is 0 Å². The number of ether oxygens (including phenoxy) is 2. The van der Waals surface area contributed by atoms with E-state index in [-0.39, 0.29) is 38.6 Å². The van der Waals surface area contributed by atoms with Gasteiger partial charge in [-0.2, -0.15) is 4.98 Å². The maximum atomic E-state index is 12.2. The summed E-state index contributed by atoms with van der Waals surface area (Å²) in [4.78, 5) is 39.1. The SMILES string of the molecule is [2H]C([3H])OCC(CO)SC(COC(=O)CCC(=O)NC)n1ccc(C)nc1=O. The number of carbonyl (C=O) groups excluding carboxylic acids is 2. The molecule has 1 aromatic heterocycles. The Morgan fingerprint density at radius 2 is 2.31 bits per heavy atom. The van der Waals surface area contributed by atoms with Crippen LogP contribution in [-0.4, -0.2) is 65.7 Å². The number of hydrogen-bond acceptors (Lipinski definition) is 8. The Morgan fingerprint density at radius 3 is 2.92 bits per heavy atom. The minimum absolute atomic E-state index is 0.0132. The maximum absolute atomic E-state index is 12.2. The lowest BCUT2D eigenvalue weighted by Gasteiger charge is -2.23. The first-order valence-corrected chi connectivity index (χ1v) is 8.85. The van der Waals surface area contributed by atoms with Gasteiger partial charge in [0.25, 0.3) is 0 Å². The Bertz CT molecular complexity index is 703. The van der Waals surface area contributed by atoms with E-state index in [1.807, 2.05) is 0 Å². The van der Waals surface area contributed by atoms with E-state index in [2.05, 4.69) is 10.3 Å². The summed E-state index contributed by atoms with van der Waals surface area (Å²) in [6.45, 7) is 1.06. The molecule has 0 saturated carbocycles. The first-order chi connectivity index (χ1) is 13.3. The van der Waals surface area contributed by atoms with Gasteiger partial charge in [-0.15, -0.1) is 11.8 Å². The molecule has 1 amide bonds. The number of esters is 1. The van der Waals surface area contributed by atoms with Crippen molar-refractivity contribution in [3.63, 3.8) is 0 Å². The molecule has 146 valence electrons. The molecule has 10 heteroatoms. The van der Waals surface area contributed by atoms with Crippen molar-refractivity contribution in [3.8, 4) is 0 Å². The number of methoxy groups -OCH3 is 1. The average molecular weight is 390 g/mol. The van der Waals surface area contributed by atoms with E-state index < -0.39 is 29.3 Å². The van der Waals surface area contributed by atoms with Crippen LogP contribution in [0.1, 0.15) is 26.7 Å². The average Bonchev–Trinajstić information content (AvgIpc) is 2.65. The predicted octanol–water partition coefficient (Wildman–Crippen LogP) is -0.140. The molecular formula is C16H25N3O6S. The standard InChI is InChI=1S/C16H25N3O6S/c1-11-6-7-19(16(23)18-11)14(26-12(8-20)9-24-3)10-25-15(22)5-4-13(21)17-2/h6-7,12,14,20H,4-5,8-10H2,1-3H3,(H,17,21)/i3TD.